The van der Waals surface area contributed by atoms with Crippen LogP contribution in [0.25, 0.3) is 16.7 Å². The molecular weight excluding hydrogens is 482 g/mol. The molecule has 10 heteroatoms. The first-order chi connectivity index (χ1) is 18.4. The molecule has 0 amide bonds. The third kappa shape index (κ3) is 4.38. The van der Waals surface area contributed by atoms with E-state index in [1.807, 2.05) is 30.2 Å². The number of aliphatic hydroxyl groups excluding tert-OH is 2. The predicted molar refractivity (Wildman–Crippen MR) is 142 cm³/mol. The van der Waals surface area contributed by atoms with E-state index in [9.17, 15) is 15.0 Å². The molecule has 3 aromatic heterocycles. The molecule has 7 rings (SSSR count). The number of anilines is 2. The lowest BCUT2D eigenvalue weighted by atomic mass is 10.1. The average molecular weight is 514 g/mol. The van der Waals surface area contributed by atoms with Crippen molar-refractivity contribution < 1.29 is 15.0 Å². The number of nitrogens with zero attached hydrogens (tertiary/aromatic N) is 6. The molecule has 0 radical (unpaired) electrons. The van der Waals surface area contributed by atoms with Crippen LogP contribution < -0.4 is 5.32 Å². The summed E-state index contributed by atoms with van der Waals surface area (Å²) in [6.45, 7) is 3.42. The Morgan fingerprint density at radius 2 is 1.87 bits per heavy atom. The molecule has 2 saturated carbocycles. The monoisotopic (exact) mass is 513 g/mol. The lowest BCUT2D eigenvalue weighted by Crippen LogP contribution is -2.22. The number of rotatable bonds is 8. The number of β-amino-alcohol motifs (C(OH)–C–C–N with tert-alkyl or cyclic N) is 2. The van der Waals surface area contributed by atoms with Gasteiger partial charge in [-0.05, 0) is 50.8 Å². The molecule has 2 atom stereocenters. The van der Waals surface area contributed by atoms with Crippen LogP contribution in [0, 0.1) is 12.8 Å². The molecule has 0 bridgehead atoms. The van der Waals surface area contributed by atoms with Gasteiger partial charge in [-0.2, -0.15) is 10.1 Å². The molecule has 1 aromatic carbocycles. The first kappa shape index (κ1) is 23.5. The summed E-state index contributed by atoms with van der Waals surface area (Å²) in [6.07, 6.45) is 8.57. The Bertz CT molecular complexity index is 1520. The Kier molecular flexibility index (Phi) is 5.57. The number of hydrogen-bond donors (Lipinski definition) is 3. The highest BCUT2D eigenvalue weighted by Gasteiger charge is 2.34. The van der Waals surface area contributed by atoms with Gasteiger partial charge in [0.05, 0.1) is 17.9 Å². The fourth-order valence-electron chi connectivity index (χ4n) is 5.40. The summed E-state index contributed by atoms with van der Waals surface area (Å²) in [4.78, 5) is 24.1. The summed E-state index contributed by atoms with van der Waals surface area (Å²) in [7, 11) is 0. The lowest BCUT2D eigenvalue weighted by molar-refractivity contribution is 0.0572. The highest BCUT2D eigenvalue weighted by atomic mass is 16.3. The summed E-state index contributed by atoms with van der Waals surface area (Å²) >= 11 is 0. The zero-order valence-corrected chi connectivity index (χ0v) is 21.3. The second-order valence-corrected chi connectivity index (χ2v) is 10.9. The normalized spacial score (nSPS) is 21.9. The van der Waals surface area contributed by atoms with Gasteiger partial charge in [0.15, 0.2) is 11.6 Å². The van der Waals surface area contributed by atoms with Crippen molar-refractivity contribution in [1.82, 2.24) is 29.2 Å². The number of fused-ring (bicyclic) bond motifs is 1. The number of aryl methyl sites for hydroxylation is 1. The summed E-state index contributed by atoms with van der Waals surface area (Å²) in [6, 6.07) is 8.43. The molecule has 196 valence electrons. The van der Waals surface area contributed by atoms with Crippen molar-refractivity contribution in [1.29, 1.82) is 0 Å². The second kappa shape index (κ2) is 9.00. The summed E-state index contributed by atoms with van der Waals surface area (Å²) in [5.41, 5.74) is 4.64. The van der Waals surface area contributed by atoms with Gasteiger partial charge >= 0.3 is 0 Å². The van der Waals surface area contributed by atoms with Crippen LogP contribution in [0.15, 0.2) is 42.9 Å². The zero-order chi connectivity index (χ0) is 26.0. The maximum atomic E-state index is 13.0. The Hall–Kier alpha value is -3.60. The van der Waals surface area contributed by atoms with Crippen molar-refractivity contribution in [2.45, 2.75) is 57.4 Å². The molecule has 10 nitrogen and oxygen atoms in total. The maximum Gasteiger partial charge on any atom is 0.229 e. The van der Waals surface area contributed by atoms with E-state index in [0.29, 0.717) is 37.4 Å². The van der Waals surface area contributed by atoms with Crippen LogP contribution in [0.1, 0.15) is 53.3 Å². The molecule has 4 heterocycles. The van der Waals surface area contributed by atoms with Gasteiger partial charge in [-0.25, -0.2) is 9.67 Å². The van der Waals surface area contributed by atoms with Gasteiger partial charge in [0.25, 0.3) is 0 Å². The van der Waals surface area contributed by atoms with Crippen LogP contribution in [0.4, 0.5) is 11.6 Å². The highest BCUT2D eigenvalue weighted by molar-refractivity contribution is 6.10. The molecule has 3 aliphatic rings. The van der Waals surface area contributed by atoms with Crippen LogP contribution in [-0.2, 0) is 6.54 Å². The molecule has 3 fully saturated rings. The predicted octanol–water partition coefficient (Wildman–Crippen LogP) is 3.13. The van der Waals surface area contributed by atoms with Crippen molar-refractivity contribution in [2.24, 2.45) is 5.92 Å². The van der Waals surface area contributed by atoms with Gasteiger partial charge < -0.3 is 20.1 Å². The minimum Gasteiger partial charge on any atom is -0.389 e. The third-order valence-corrected chi connectivity index (χ3v) is 7.85. The Morgan fingerprint density at radius 1 is 1.08 bits per heavy atom. The Morgan fingerprint density at radius 3 is 2.61 bits per heavy atom. The van der Waals surface area contributed by atoms with Crippen molar-refractivity contribution in [3.8, 4) is 5.82 Å². The van der Waals surface area contributed by atoms with E-state index in [1.165, 1.54) is 0 Å². The number of likely N-dealkylation sites (tertiary alicyclic amines) is 1. The van der Waals surface area contributed by atoms with Crippen LogP contribution in [0.2, 0.25) is 0 Å². The maximum absolute atomic E-state index is 13.0. The highest BCUT2D eigenvalue weighted by Crippen LogP contribution is 2.42. The second-order valence-electron chi connectivity index (χ2n) is 10.9. The fraction of sp³-hybridized carbons (Fsp3) is 0.429. The largest absolute Gasteiger partial charge is 0.389 e. The van der Waals surface area contributed by atoms with Gasteiger partial charge in [-0.3, -0.25) is 9.69 Å². The average Bonchev–Trinajstić information content (AvgIpc) is 3.83. The van der Waals surface area contributed by atoms with E-state index in [0.717, 1.165) is 59.1 Å². The zero-order valence-electron chi connectivity index (χ0n) is 21.3. The number of ketones is 1. The van der Waals surface area contributed by atoms with E-state index in [4.69, 9.17) is 0 Å². The smallest absolute Gasteiger partial charge is 0.229 e. The summed E-state index contributed by atoms with van der Waals surface area (Å²) < 4.78 is 4.00. The minimum atomic E-state index is -0.713. The molecular formula is C28H31N7O3. The SMILES string of the molecule is Cc1nn(-c2ccnc(Nc3ccc4c(c3)c(C(=O)C3CC3)cn4C3CC3)n2)cc1CN1C[C@@H](O)[C@@H](O)C1. The number of aliphatic hydroxyl groups is 2. The number of Topliss-reactive ketones (excluding diaryl/α,β-unsaturated/α-hetero) is 1. The van der Waals surface area contributed by atoms with Crippen LogP contribution in [0.5, 0.6) is 0 Å². The van der Waals surface area contributed by atoms with Gasteiger partial charge in [-0.1, -0.05) is 0 Å². The third-order valence-electron chi connectivity index (χ3n) is 7.85. The number of hydrogen-bond acceptors (Lipinski definition) is 8. The first-order valence-electron chi connectivity index (χ1n) is 13.4. The number of benzene rings is 1. The van der Waals surface area contributed by atoms with Gasteiger partial charge in [0, 0.05) is 84.0 Å². The van der Waals surface area contributed by atoms with Gasteiger partial charge in [-0.15, -0.1) is 0 Å². The number of aromatic nitrogens is 5. The molecule has 0 spiro atoms. The van der Waals surface area contributed by atoms with Crippen molar-refractivity contribution >= 4 is 28.3 Å². The van der Waals surface area contributed by atoms with Gasteiger partial charge in [0.2, 0.25) is 5.95 Å². The summed E-state index contributed by atoms with van der Waals surface area (Å²) in [5.74, 6) is 1.50. The molecule has 4 aromatic rings. The topological polar surface area (TPSA) is 121 Å². The first-order valence-corrected chi connectivity index (χ1v) is 13.4. The van der Waals surface area contributed by atoms with Gasteiger partial charge in [0.1, 0.15) is 0 Å². The molecule has 2 aliphatic carbocycles. The van der Waals surface area contributed by atoms with E-state index in [2.05, 4.69) is 37.2 Å². The minimum absolute atomic E-state index is 0.174. The Balaban J connectivity index is 1.14. The van der Waals surface area contributed by atoms with Crippen LogP contribution >= 0.6 is 0 Å². The Labute approximate surface area is 219 Å². The van der Waals surface area contributed by atoms with E-state index in [-0.39, 0.29) is 11.7 Å². The number of carbonyl (C=O) groups excluding carboxylic acids is 1. The van der Waals surface area contributed by atoms with E-state index < -0.39 is 12.2 Å². The van der Waals surface area contributed by atoms with Crippen molar-refractivity contribution in [3.05, 3.63) is 59.7 Å². The van der Waals surface area contributed by atoms with Crippen molar-refractivity contribution in [3.63, 3.8) is 0 Å². The molecule has 38 heavy (non-hydrogen) atoms. The molecule has 1 saturated heterocycles. The van der Waals surface area contributed by atoms with E-state index >= 15 is 0 Å². The van der Waals surface area contributed by atoms with Crippen LogP contribution in [0.3, 0.4) is 0 Å². The van der Waals surface area contributed by atoms with Crippen molar-refractivity contribution in [2.75, 3.05) is 18.4 Å². The number of carbonyl (C=O) groups is 1. The standard InChI is InChI=1S/C28H31N7O3/c1-16-18(11-33-14-24(36)25(37)15-33)12-35(32-16)26-8-9-29-28(31-26)30-19-4-7-23-21(10-19)22(27(38)17-2-3-17)13-34(23)20-5-6-20/h4,7-10,12-13,17,20,24-25,36-37H,2-3,5-6,11,14-15H2,1H3,(H,29,30,31)/t24-,25+. The van der Waals surface area contributed by atoms with E-state index in [1.54, 1.807) is 16.9 Å². The van der Waals surface area contributed by atoms with Crippen LogP contribution in [-0.4, -0.2) is 70.5 Å². The quantitative estimate of drug-likeness (QED) is 0.307. The molecule has 1 aliphatic heterocycles. The fourth-order valence-corrected chi connectivity index (χ4v) is 5.40. The lowest BCUT2D eigenvalue weighted by Gasteiger charge is -2.13. The molecule has 3 N–H and O–H groups in total. The molecule has 0 unspecified atom stereocenters. The summed E-state index contributed by atoms with van der Waals surface area (Å²) in [5, 5.41) is 28.6. The number of nitrogens with one attached hydrogen (secondary N) is 1.